The van der Waals surface area contributed by atoms with Gasteiger partial charge in [-0.15, -0.1) is 11.3 Å². The number of ether oxygens (including phenoxy) is 1. The number of aryl methyl sites for hydroxylation is 1. The van der Waals surface area contributed by atoms with Crippen molar-refractivity contribution in [2.45, 2.75) is 31.3 Å². The highest BCUT2D eigenvalue weighted by Crippen LogP contribution is 2.28. The molecule has 2 aliphatic heterocycles. The fraction of sp³-hybridized carbons (Fsp3) is 0.647. The first-order chi connectivity index (χ1) is 12.4. The van der Waals surface area contributed by atoms with Gasteiger partial charge in [-0.1, -0.05) is 6.07 Å². The minimum absolute atomic E-state index is 0.0208. The topological polar surface area (TPSA) is 84.0 Å². The predicted octanol–water partition coefficient (Wildman–Crippen LogP) is 0.554. The molecule has 0 unspecified atom stereocenters. The highest BCUT2D eigenvalue weighted by atomic mass is 32.2. The number of thiophene rings is 1. The summed E-state index contributed by atoms with van der Waals surface area (Å²) in [4.78, 5) is 29.4. The maximum atomic E-state index is 12.7. The fourth-order valence-electron chi connectivity index (χ4n) is 3.79. The van der Waals surface area contributed by atoms with E-state index in [4.69, 9.17) is 4.74 Å². The van der Waals surface area contributed by atoms with E-state index in [1.165, 1.54) is 12.0 Å². The Bertz CT molecular complexity index is 747. The van der Waals surface area contributed by atoms with Gasteiger partial charge in [0.15, 0.2) is 9.84 Å². The molecule has 3 rings (SSSR count). The van der Waals surface area contributed by atoms with E-state index in [1.807, 2.05) is 11.4 Å². The lowest BCUT2D eigenvalue weighted by Crippen LogP contribution is -2.62. The van der Waals surface area contributed by atoms with E-state index in [0.717, 1.165) is 12.8 Å². The lowest BCUT2D eigenvalue weighted by molar-refractivity contribution is -0.147. The molecular weight excluding hydrogens is 376 g/mol. The number of methoxy groups -OCH3 is 1. The molecular formula is C17H24N2O5S2. The Hall–Kier alpha value is -1.45. The van der Waals surface area contributed by atoms with Crippen molar-refractivity contribution < 1.29 is 22.7 Å². The molecule has 0 bridgehead atoms. The van der Waals surface area contributed by atoms with E-state index in [-0.39, 0.29) is 29.9 Å². The van der Waals surface area contributed by atoms with Crippen molar-refractivity contribution in [1.29, 1.82) is 0 Å². The van der Waals surface area contributed by atoms with Crippen molar-refractivity contribution in [3.8, 4) is 0 Å². The molecule has 0 aromatic carbocycles. The van der Waals surface area contributed by atoms with Gasteiger partial charge in [0.1, 0.15) is 6.61 Å². The fourth-order valence-corrected chi connectivity index (χ4v) is 6.52. The maximum absolute atomic E-state index is 12.7. The van der Waals surface area contributed by atoms with Crippen LogP contribution in [0.3, 0.4) is 0 Å². The number of nitrogens with zero attached hydrogens (tertiary/aromatic N) is 2. The second kappa shape index (κ2) is 8.06. The zero-order valence-electron chi connectivity index (χ0n) is 14.8. The molecule has 1 aromatic rings. The van der Waals surface area contributed by atoms with E-state index in [9.17, 15) is 18.0 Å². The minimum atomic E-state index is -3.26. The van der Waals surface area contributed by atoms with Crippen LogP contribution < -0.4 is 0 Å². The Kier molecular flexibility index (Phi) is 5.99. The van der Waals surface area contributed by atoms with Gasteiger partial charge in [0, 0.05) is 31.5 Å². The maximum Gasteiger partial charge on any atom is 0.248 e. The number of hydrogen-bond acceptors (Lipinski definition) is 6. The quantitative estimate of drug-likeness (QED) is 0.696. The van der Waals surface area contributed by atoms with Crippen molar-refractivity contribution in [3.63, 3.8) is 0 Å². The van der Waals surface area contributed by atoms with E-state index in [1.54, 1.807) is 21.1 Å². The first kappa shape index (κ1) is 19.3. The summed E-state index contributed by atoms with van der Waals surface area (Å²) in [6.07, 6.45) is 1.99. The minimum Gasteiger partial charge on any atom is -0.375 e. The number of sulfone groups is 1. The van der Waals surface area contributed by atoms with Gasteiger partial charge in [-0.05, 0) is 24.3 Å². The van der Waals surface area contributed by atoms with Crippen LogP contribution in [0.4, 0.5) is 0 Å². The van der Waals surface area contributed by atoms with Crippen LogP contribution in [0.5, 0.6) is 0 Å². The van der Waals surface area contributed by atoms with Crippen molar-refractivity contribution in [2.75, 3.05) is 38.3 Å². The molecule has 1 aromatic heterocycles. The molecule has 0 spiro atoms. The zero-order chi connectivity index (χ0) is 18.7. The standard InChI is InChI=1S/C17H24N2O5S2/c1-24-10-17(21)19-8-7-18(14-11-26(22,23)12-15(14)19)16(20)6-2-4-13-5-3-9-25-13/h3,5,9,14-15H,2,4,6-8,10-12H2,1H3/t14-,15+/m0/s1. The van der Waals surface area contributed by atoms with Crippen LogP contribution in [0.2, 0.25) is 0 Å². The summed E-state index contributed by atoms with van der Waals surface area (Å²) in [7, 11) is -1.82. The number of carbonyl (C=O) groups is 2. The molecule has 26 heavy (non-hydrogen) atoms. The highest BCUT2D eigenvalue weighted by molar-refractivity contribution is 7.91. The number of piperazine rings is 1. The van der Waals surface area contributed by atoms with E-state index >= 15 is 0 Å². The molecule has 0 aliphatic carbocycles. The van der Waals surface area contributed by atoms with Crippen molar-refractivity contribution in [1.82, 2.24) is 9.80 Å². The first-order valence-corrected chi connectivity index (χ1v) is 11.4. The van der Waals surface area contributed by atoms with Crippen LogP contribution in [-0.2, 0) is 30.6 Å². The van der Waals surface area contributed by atoms with Crippen LogP contribution in [0, 0.1) is 0 Å². The highest BCUT2D eigenvalue weighted by Gasteiger charge is 2.49. The number of amides is 2. The summed E-state index contributed by atoms with van der Waals surface area (Å²) in [5, 5.41) is 2.02. The van der Waals surface area contributed by atoms with Crippen LogP contribution in [0.25, 0.3) is 0 Å². The molecule has 0 radical (unpaired) electrons. The Morgan fingerprint density at radius 1 is 1.19 bits per heavy atom. The third-order valence-electron chi connectivity index (χ3n) is 4.98. The summed E-state index contributed by atoms with van der Waals surface area (Å²) in [5.74, 6) is -0.381. The van der Waals surface area contributed by atoms with Gasteiger partial charge in [-0.3, -0.25) is 9.59 Å². The molecule has 2 fully saturated rings. The summed E-state index contributed by atoms with van der Waals surface area (Å²) in [6.45, 7) is 0.664. The van der Waals surface area contributed by atoms with Gasteiger partial charge in [-0.2, -0.15) is 0 Å². The molecule has 3 heterocycles. The normalized spacial score (nSPS) is 24.5. The Morgan fingerprint density at radius 3 is 2.42 bits per heavy atom. The summed E-state index contributed by atoms with van der Waals surface area (Å²) < 4.78 is 29.2. The van der Waals surface area contributed by atoms with Gasteiger partial charge in [0.2, 0.25) is 11.8 Å². The Morgan fingerprint density at radius 2 is 1.85 bits per heavy atom. The van der Waals surface area contributed by atoms with Gasteiger partial charge >= 0.3 is 0 Å². The van der Waals surface area contributed by atoms with Gasteiger partial charge < -0.3 is 14.5 Å². The zero-order valence-corrected chi connectivity index (χ0v) is 16.4. The molecule has 2 saturated heterocycles. The summed E-state index contributed by atoms with van der Waals surface area (Å²) in [6, 6.07) is 3.14. The number of hydrogen-bond donors (Lipinski definition) is 0. The average molecular weight is 401 g/mol. The van der Waals surface area contributed by atoms with Gasteiger partial charge in [0.05, 0.1) is 23.6 Å². The Labute approximate surface area is 157 Å². The molecule has 7 nitrogen and oxygen atoms in total. The van der Waals surface area contributed by atoms with Crippen molar-refractivity contribution in [3.05, 3.63) is 22.4 Å². The lowest BCUT2D eigenvalue weighted by Gasteiger charge is -2.43. The summed E-state index contributed by atoms with van der Waals surface area (Å²) in [5.41, 5.74) is 0. The molecule has 2 amide bonds. The first-order valence-electron chi connectivity index (χ1n) is 8.72. The van der Waals surface area contributed by atoms with E-state index in [0.29, 0.717) is 19.5 Å². The molecule has 9 heteroatoms. The molecule has 0 saturated carbocycles. The predicted molar refractivity (Wildman–Crippen MR) is 98.8 cm³/mol. The largest absolute Gasteiger partial charge is 0.375 e. The summed E-state index contributed by atoms with van der Waals surface area (Å²) >= 11 is 1.67. The molecule has 2 atom stereocenters. The monoisotopic (exact) mass is 400 g/mol. The Balaban J connectivity index is 1.65. The molecule has 0 N–H and O–H groups in total. The van der Waals surface area contributed by atoms with Gasteiger partial charge in [-0.25, -0.2) is 8.42 Å². The lowest BCUT2D eigenvalue weighted by atomic mass is 10.0. The van der Waals surface area contributed by atoms with Crippen LogP contribution in [0.1, 0.15) is 17.7 Å². The number of fused-ring (bicyclic) bond motifs is 1. The smallest absolute Gasteiger partial charge is 0.248 e. The van der Waals surface area contributed by atoms with Crippen LogP contribution >= 0.6 is 11.3 Å². The third kappa shape index (κ3) is 4.27. The number of rotatable bonds is 6. The second-order valence-corrected chi connectivity index (χ2v) is 9.94. The number of carbonyl (C=O) groups excluding carboxylic acids is 2. The average Bonchev–Trinajstić information content (AvgIpc) is 3.19. The van der Waals surface area contributed by atoms with Crippen LogP contribution in [-0.4, -0.2) is 80.4 Å². The van der Waals surface area contributed by atoms with E-state index < -0.39 is 21.9 Å². The van der Waals surface area contributed by atoms with Crippen molar-refractivity contribution >= 4 is 33.0 Å². The third-order valence-corrected chi connectivity index (χ3v) is 7.61. The SMILES string of the molecule is COCC(=O)N1CCN(C(=O)CCCc2cccs2)[C@H]2CS(=O)(=O)C[C@H]21. The van der Waals surface area contributed by atoms with Gasteiger partial charge in [0.25, 0.3) is 0 Å². The van der Waals surface area contributed by atoms with E-state index in [2.05, 4.69) is 6.07 Å². The molecule has 2 aliphatic rings. The second-order valence-electron chi connectivity index (χ2n) is 6.75. The molecule has 144 valence electrons. The van der Waals surface area contributed by atoms with Crippen molar-refractivity contribution in [2.24, 2.45) is 0 Å². The van der Waals surface area contributed by atoms with Crippen LogP contribution in [0.15, 0.2) is 17.5 Å².